The molecule has 0 radical (unpaired) electrons. The van der Waals surface area contributed by atoms with Crippen molar-refractivity contribution in [1.82, 2.24) is 19.1 Å². The largest absolute Gasteiger partial charge is 0.456 e. The van der Waals surface area contributed by atoms with Gasteiger partial charge in [0, 0.05) is 60.8 Å². The second-order valence-electron chi connectivity index (χ2n) is 18.5. The van der Waals surface area contributed by atoms with Crippen LogP contribution in [0.3, 0.4) is 0 Å². The van der Waals surface area contributed by atoms with Gasteiger partial charge in [0.15, 0.2) is 5.82 Å². The first kappa shape index (κ1) is 39.4. The van der Waals surface area contributed by atoms with Crippen LogP contribution in [0, 0.1) is 0 Å². The number of nitrogens with zero attached hydrogens (tertiary/aromatic N) is 4. The van der Waals surface area contributed by atoms with Gasteiger partial charge in [-0.05, 0) is 93.3 Å². The molecular weight excluding hydrogens is 865 g/mol. The van der Waals surface area contributed by atoms with Crippen LogP contribution in [0.5, 0.6) is 0 Å². The van der Waals surface area contributed by atoms with Crippen molar-refractivity contribution in [3.63, 3.8) is 0 Å². The van der Waals surface area contributed by atoms with E-state index in [4.69, 9.17) is 14.4 Å². The van der Waals surface area contributed by atoms with E-state index >= 15 is 0 Å². The Balaban J connectivity index is 1.06. The molecule has 0 aliphatic heterocycles. The molecule has 0 saturated carbocycles. The summed E-state index contributed by atoms with van der Waals surface area (Å²) >= 11 is 0. The average molecular weight is 905 g/mol. The van der Waals surface area contributed by atoms with Gasteiger partial charge in [0.2, 0.25) is 0 Å². The lowest BCUT2D eigenvalue weighted by Crippen LogP contribution is -2.01. The number of fused-ring (bicyclic) bond motifs is 12. The maximum absolute atomic E-state index is 6.90. The van der Waals surface area contributed by atoms with Gasteiger partial charge < -0.3 is 13.6 Å². The molecule has 0 saturated heterocycles. The molecule has 4 heterocycles. The Bertz CT molecular complexity index is 4620. The SMILES string of the molecule is c1ccc(-c2ccc(-c3nc(-c4cc5c(cc4-n4c6ccccc6c6cc7ccccc7cc64)oc4ccc6ccccc6c45)cc(-c4cccc5c4c4ccccc4n5-c4ccccc4)n3)cc2)cc1. The number of aromatic nitrogens is 4. The first-order chi connectivity index (χ1) is 35.2. The van der Waals surface area contributed by atoms with Crippen molar-refractivity contribution in [3.05, 3.63) is 243 Å². The summed E-state index contributed by atoms with van der Waals surface area (Å²) in [6, 6.07) is 86.8. The van der Waals surface area contributed by atoms with Crippen LogP contribution in [0.2, 0.25) is 0 Å². The maximum Gasteiger partial charge on any atom is 0.160 e. The molecule has 0 aliphatic carbocycles. The molecule has 0 amide bonds. The minimum atomic E-state index is 0.641. The van der Waals surface area contributed by atoms with Gasteiger partial charge in [-0.1, -0.05) is 176 Å². The fourth-order valence-electron chi connectivity index (χ4n) is 11.3. The van der Waals surface area contributed by atoms with Crippen molar-refractivity contribution in [2.75, 3.05) is 0 Å². The minimum absolute atomic E-state index is 0.641. The van der Waals surface area contributed by atoms with Crippen LogP contribution in [0.4, 0.5) is 0 Å². The quantitative estimate of drug-likeness (QED) is 0.167. The summed E-state index contributed by atoms with van der Waals surface area (Å²) in [5.41, 5.74) is 15.0. The van der Waals surface area contributed by atoms with Crippen LogP contribution in [-0.2, 0) is 0 Å². The molecule has 71 heavy (non-hydrogen) atoms. The third-order valence-corrected chi connectivity index (χ3v) is 14.5. The van der Waals surface area contributed by atoms with Gasteiger partial charge in [-0.2, -0.15) is 0 Å². The lowest BCUT2D eigenvalue weighted by atomic mass is 9.98. The van der Waals surface area contributed by atoms with Gasteiger partial charge in [-0.25, -0.2) is 9.97 Å². The van der Waals surface area contributed by atoms with E-state index < -0.39 is 0 Å². The van der Waals surface area contributed by atoms with Gasteiger partial charge in [0.05, 0.1) is 39.1 Å². The molecule has 15 rings (SSSR count). The Morgan fingerprint density at radius 2 is 0.915 bits per heavy atom. The van der Waals surface area contributed by atoms with Crippen LogP contribution in [0.15, 0.2) is 247 Å². The zero-order valence-electron chi connectivity index (χ0n) is 38.3. The van der Waals surface area contributed by atoms with Gasteiger partial charge in [0.25, 0.3) is 0 Å². The third kappa shape index (κ3) is 6.13. The topological polar surface area (TPSA) is 48.8 Å². The smallest absolute Gasteiger partial charge is 0.160 e. The fraction of sp³-hybridized carbons (Fsp3) is 0. The predicted octanol–water partition coefficient (Wildman–Crippen LogP) is 17.5. The lowest BCUT2D eigenvalue weighted by Gasteiger charge is -2.16. The third-order valence-electron chi connectivity index (χ3n) is 14.5. The second-order valence-corrected chi connectivity index (χ2v) is 18.5. The first-order valence-corrected chi connectivity index (χ1v) is 24.1. The molecule has 0 spiro atoms. The van der Waals surface area contributed by atoms with Crippen LogP contribution < -0.4 is 0 Å². The standard InChI is InChI=1S/C66H40N4O/c1-3-16-41(17-4-1)42-30-32-44(33-31-42)66-67-55(50-26-15-29-59-64(50)51-25-12-14-28-58(51)69(59)47-21-5-2-6-22-47)39-56(68-66)53-38-54-63(71-62-35-34-43-18-9-10-23-48(43)65(54)62)40-61(53)70-57-27-13-11-24-49(57)52-36-45-19-7-8-20-46(45)37-60(52)70/h1-40H. The zero-order chi connectivity index (χ0) is 46.6. The van der Waals surface area contributed by atoms with Crippen molar-refractivity contribution in [1.29, 1.82) is 0 Å². The molecule has 0 unspecified atom stereocenters. The summed E-state index contributed by atoms with van der Waals surface area (Å²) in [6.07, 6.45) is 0. The maximum atomic E-state index is 6.90. The number of rotatable bonds is 6. The Hall–Kier alpha value is -9.58. The number of furan rings is 1. The average Bonchev–Trinajstić information content (AvgIpc) is 4.10. The van der Waals surface area contributed by atoms with E-state index in [9.17, 15) is 0 Å². The molecule has 11 aromatic carbocycles. The van der Waals surface area contributed by atoms with E-state index in [0.29, 0.717) is 5.82 Å². The number of hydrogen-bond donors (Lipinski definition) is 0. The first-order valence-electron chi connectivity index (χ1n) is 24.1. The van der Waals surface area contributed by atoms with Gasteiger partial charge in [0.1, 0.15) is 11.2 Å². The van der Waals surface area contributed by atoms with Gasteiger partial charge in [-0.3, -0.25) is 0 Å². The molecule has 5 heteroatoms. The van der Waals surface area contributed by atoms with E-state index in [1.807, 2.05) is 0 Å². The highest BCUT2D eigenvalue weighted by Crippen LogP contribution is 2.45. The summed E-state index contributed by atoms with van der Waals surface area (Å²) in [6.45, 7) is 0. The molecule has 15 aromatic rings. The Morgan fingerprint density at radius 1 is 0.310 bits per heavy atom. The van der Waals surface area contributed by atoms with Crippen molar-refractivity contribution >= 4 is 87.1 Å². The van der Waals surface area contributed by atoms with Crippen LogP contribution in [0.1, 0.15) is 0 Å². The summed E-state index contributed by atoms with van der Waals surface area (Å²) < 4.78 is 11.7. The molecule has 0 aliphatic rings. The van der Waals surface area contributed by atoms with Crippen LogP contribution in [0.25, 0.3) is 143 Å². The van der Waals surface area contributed by atoms with Gasteiger partial charge in [-0.15, -0.1) is 0 Å². The zero-order valence-corrected chi connectivity index (χ0v) is 38.3. The molecule has 0 atom stereocenters. The predicted molar refractivity (Wildman–Crippen MR) is 295 cm³/mol. The Morgan fingerprint density at radius 3 is 1.70 bits per heavy atom. The molecular formula is C66H40N4O. The molecule has 0 bridgehead atoms. The summed E-state index contributed by atoms with van der Waals surface area (Å²) in [5.74, 6) is 0.641. The summed E-state index contributed by atoms with van der Waals surface area (Å²) in [4.78, 5) is 11.2. The number of para-hydroxylation sites is 3. The Kier molecular flexibility index (Phi) is 8.59. The van der Waals surface area contributed by atoms with Crippen molar-refractivity contribution in [3.8, 4) is 56.4 Å². The summed E-state index contributed by atoms with van der Waals surface area (Å²) in [5, 5.41) is 11.5. The van der Waals surface area contributed by atoms with E-state index in [2.05, 4.69) is 252 Å². The highest BCUT2D eigenvalue weighted by molar-refractivity contribution is 6.21. The van der Waals surface area contributed by atoms with Crippen LogP contribution in [-0.4, -0.2) is 19.1 Å². The van der Waals surface area contributed by atoms with Crippen LogP contribution >= 0.6 is 0 Å². The molecule has 0 fully saturated rings. The molecule has 5 nitrogen and oxygen atoms in total. The normalized spacial score (nSPS) is 11.9. The monoisotopic (exact) mass is 904 g/mol. The summed E-state index contributed by atoms with van der Waals surface area (Å²) in [7, 11) is 0. The highest BCUT2D eigenvalue weighted by Gasteiger charge is 2.24. The van der Waals surface area contributed by atoms with E-state index in [1.54, 1.807) is 0 Å². The van der Waals surface area contributed by atoms with E-state index in [1.165, 1.54) is 21.5 Å². The van der Waals surface area contributed by atoms with Gasteiger partial charge >= 0.3 is 0 Å². The highest BCUT2D eigenvalue weighted by atomic mass is 16.3. The Labute approximate surface area is 407 Å². The van der Waals surface area contributed by atoms with E-state index in [-0.39, 0.29) is 0 Å². The molecule has 330 valence electrons. The fourth-order valence-corrected chi connectivity index (χ4v) is 11.3. The van der Waals surface area contributed by atoms with E-state index in [0.717, 1.165) is 116 Å². The molecule has 4 aromatic heterocycles. The van der Waals surface area contributed by atoms with Crippen molar-refractivity contribution in [2.45, 2.75) is 0 Å². The minimum Gasteiger partial charge on any atom is -0.456 e. The molecule has 0 N–H and O–H groups in total. The van der Waals surface area contributed by atoms with Crippen molar-refractivity contribution in [2.24, 2.45) is 0 Å². The lowest BCUT2D eigenvalue weighted by molar-refractivity contribution is 0.669. The number of hydrogen-bond acceptors (Lipinski definition) is 3. The number of benzene rings is 11. The van der Waals surface area contributed by atoms with Crippen molar-refractivity contribution < 1.29 is 4.42 Å². The second kappa shape index (κ2) is 15.5.